The number of amides is 4. The number of carboxylic acids is 1. The summed E-state index contributed by atoms with van der Waals surface area (Å²) in [5.41, 5.74) is 1.50. The molecule has 2 aromatic heterocycles. The molecule has 0 spiro atoms. The molecule has 0 saturated carbocycles. The normalized spacial score (nSPS) is 11.2. The van der Waals surface area contributed by atoms with Crippen LogP contribution in [0.4, 0.5) is 9.80 Å². The zero-order chi connectivity index (χ0) is 24.3. The predicted molar refractivity (Wildman–Crippen MR) is 126 cm³/mol. The number of carbonyl (C=O) groups excluding carboxylic acids is 3. The van der Waals surface area contributed by atoms with Crippen LogP contribution in [0.15, 0.2) is 67.0 Å². The molecule has 176 valence electrons. The van der Waals surface area contributed by atoms with Gasteiger partial charge in [-0.25, -0.2) is 4.79 Å². The third-order valence-corrected chi connectivity index (χ3v) is 5.57. The standard InChI is InChI=1S/C23H23N5O5S/c29-19(27-17(11-21(30)31)16-7-4-10-24-13-16)14-25-22(32)18-8-9-20(34-18)28-23(33)26-12-15-5-2-1-3-6-15/h1-10,13,17H,11-12,14H2,(H,25,32)(H,27,29)(H,30,31)(H2,26,28,33). The second-order valence-electron chi connectivity index (χ2n) is 7.14. The first kappa shape index (κ1) is 24.4. The van der Waals surface area contributed by atoms with Gasteiger partial charge in [0.15, 0.2) is 0 Å². The molecule has 0 radical (unpaired) electrons. The molecule has 0 saturated heterocycles. The molecule has 1 aromatic carbocycles. The molecule has 10 nitrogen and oxygen atoms in total. The minimum absolute atomic E-state index is 0.306. The Hall–Kier alpha value is -4.25. The summed E-state index contributed by atoms with van der Waals surface area (Å²) < 4.78 is 0. The lowest BCUT2D eigenvalue weighted by Gasteiger charge is -2.17. The minimum Gasteiger partial charge on any atom is -0.481 e. The Morgan fingerprint density at radius 2 is 1.76 bits per heavy atom. The number of carbonyl (C=O) groups is 4. The fraction of sp³-hybridized carbons (Fsp3) is 0.174. The molecular weight excluding hydrogens is 458 g/mol. The van der Waals surface area contributed by atoms with Crippen molar-refractivity contribution in [2.75, 3.05) is 11.9 Å². The summed E-state index contributed by atoms with van der Waals surface area (Å²) in [6.45, 7) is 0.0237. The number of hydrogen-bond acceptors (Lipinski definition) is 6. The third kappa shape index (κ3) is 7.71. The number of urea groups is 1. The first-order valence-corrected chi connectivity index (χ1v) is 11.1. The van der Waals surface area contributed by atoms with Gasteiger partial charge in [-0.15, -0.1) is 11.3 Å². The number of rotatable bonds is 10. The van der Waals surface area contributed by atoms with Crippen LogP contribution in [0, 0.1) is 0 Å². The summed E-state index contributed by atoms with van der Waals surface area (Å²) >= 11 is 1.06. The van der Waals surface area contributed by atoms with E-state index in [0.717, 1.165) is 16.9 Å². The van der Waals surface area contributed by atoms with Crippen LogP contribution in [0.5, 0.6) is 0 Å². The molecule has 0 aliphatic carbocycles. The maximum absolute atomic E-state index is 12.4. The van der Waals surface area contributed by atoms with Gasteiger partial charge < -0.3 is 21.1 Å². The summed E-state index contributed by atoms with van der Waals surface area (Å²) in [4.78, 5) is 52.1. The number of anilines is 1. The van der Waals surface area contributed by atoms with E-state index in [4.69, 9.17) is 5.11 Å². The minimum atomic E-state index is -1.08. The SMILES string of the molecule is O=C(O)CC(NC(=O)CNC(=O)c1ccc(NC(=O)NCc2ccccc2)s1)c1cccnc1. The van der Waals surface area contributed by atoms with Crippen molar-refractivity contribution in [3.05, 3.63) is 83.0 Å². The molecule has 1 unspecified atom stereocenters. The summed E-state index contributed by atoms with van der Waals surface area (Å²) in [5.74, 6) is -2.11. The zero-order valence-electron chi connectivity index (χ0n) is 18.0. The quantitative estimate of drug-likeness (QED) is 0.300. The smallest absolute Gasteiger partial charge is 0.320 e. The number of carboxylic acid groups (broad SMARTS) is 1. The van der Waals surface area contributed by atoms with Crippen LogP contribution in [-0.2, 0) is 16.1 Å². The van der Waals surface area contributed by atoms with Crippen molar-refractivity contribution in [3.8, 4) is 0 Å². The lowest BCUT2D eigenvalue weighted by molar-refractivity contribution is -0.137. The molecule has 3 aromatic rings. The maximum atomic E-state index is 12.4. The van der Waals surface area contributed by atoms with E-state index < -0.39 is 29.9 Å². The predicted octanol–water partition coefficient (Wildman–Crippen LogP) is 2.53. The van der Waals surface area contributed by atoms with E-state index in [1.807, 2.05) is 30.3 Å². The Morgan fingerprint density at radius 3 is 2.47 bits per heavy atom. The van der Waals surface area contributed by atoms with Gasteiger partial charge in [-0.3, -0.25) is 24.7 Å². The second-order valence-corrected chi connectivity index (χ2v) is 8.23. The van der Waals surface area contributed by atoms with Gasteiger partial charge in [0.25, 0.3) is 5.91 Å². The van der Waals surface area contributed by atoms with Gasteiger partial charge >= 0.3 is 12.0 Å². The highest BCUT2D eigenvalue weighted by Gasteiger charge is 2.19. The molecule has 3 rings (SSSR count). The largest absolute Gasteiger partial charge is 0.481 e. The molecule has 2 heterocycles. The van der Waals surface area contributed by atoms with Crippen LogP contribution >= 0.6 is 11.3 Å². The molecular formula is C23H23N5O5S. The second kappa shape index (κ2) is 12.1. The summed E-state index contributed by atoms with van der Waals surface area (Å²) in [6, 6.07) is 14.7. The number of benzene rings is 1. The Kier molecular flexibility index (Phi) is 8.69. The van der Waals surface area contributed by atoms with Crippen molar-refractivity contribution in [2.24, 2.45) is 0 Å². The van der Waals surface area contributed by atoms with Crippen LogP contribution in [0.25, 0.3) is 0 Å². The number of thiophene rings is 1. The number of nitrogens with one attached hydrogen (secondary N) is 4. The average molecular weight is 482 g/mol. The van der Waals surface area contributed by atoms with Crippen LogP contribution < -0.4 is 21.3 Å². The summed E-state index contributed by atoms with van der Waals surface area (Å²) in [6.07, 6.45) is 2.70. The van der Waals surface area contributed by atoms with Crippen molar-refractivity contribution in [1.29, 1.82) is 0 Å². The molecule has 0 bridgehead atoms. The highest BCUT2D eigenvalue weighted by atomic mass is 32.1. The van der Waals surface area contributed by atoms with Gasteiger partial charge in [0.2, 0.25) is 5.91 Å². The van der Waals surface area contributed by atoms with E-state index in [1.165, 1.54) is 12.3 Å². The summed E-state index contributed by atoms with van der Waals surface area (Å²) in [7, 11) is 0. The maximum Gasteiger partial charge on any atom is 0.320 e. The van der Waals surface area contributed by atoms with Gasteiger partial charge in [-0.1, -0.05) is 36.4 Å². The van der Waals surface area contributed by atoms with E-state index in [9.17, 15) is 19.2 Å². The third-order valence-electron chi connectivity index (χ3n) is 4.57. The van der Waals surface area contributed by atoms with Crippen molar-refractivity contribution in [3.63, 3.8) is 0 Å². The Balaban J connectivity index is 1.46. The van der Waals surface area contributed by atoms with Crippen molar-refractivity contribution < 1.29 is 24.3 Å². The molecule has 11 heteroatoms. The Labute approximate surface area is 199 Å². The van der Waals surface area contributed by atoms with Crippen molar-refractivity contribution >= 4 is 40.2 Å². The lowest BCUT2D eigenvalue weighted by atomic mass is 10.1. The Bertz CT molecular complexity index is 1140. The topological polar surface area (TPSA) is 150 Å². The number of pyridine rings is 1. The van der Waals surface area contributed by atoms with Gasteiger partial charge in [0.1, 0.15) is 0 Å². The number of aromatic nitrogens is 1. The fourth-order valence-corrected chi connectivity index (χ4v) is 3.78. The molecule has 0 aliphatic rings. The molecule has 34 heavy (non-hydrogen) atoms. The molecule has 1 atom stereocenters. The van der Waals surface area contributed by atoms with E-state index in [-0.39, 0.29) is 13.0 Å². The van der Waals surface area contributed by atoms with Gasteiger partial charge in [0.05, 0.1) is 28.9 Å². The van der Waals surface area contributed by atoms with Gasteiger partial charge in [-0.05, 0) is 29.3 Å². The lowest BCUT2D eigenvalue weighted by Crippen LogP contribution is -2.39. The highest BCUT2D eigenvalue weighted by Crippen LogP contribution is 2.21. The average Bonchev–Trinajstić information content (AvgIpc) is 3.30. The highest BCUT2D eigenvalue weighted by molar-refractivity contribution is 7.18. The van der Waals surface area contributed by atoms with Gasteiger partial charge in [0, 0.05) is 18.9 Å². The van der Waals surface area contributed by atoms with Crippen molar-refractivity contribution in [1.82, 2.24) is 20.9 Å². The van der Waals surface area contributed by atoms with Crippen LogP contribution in [0.2, 0.25) is 0 Å². The monoisotopic (exact) mass is 481 g/mol. The molecule has 4 amide bonds. The first-order chi connectivity index (χ1) is 16.4. The van der Waals surface area contributed by atoms with Crippen LogP contribution in [0.3, 0.4) is 0 Å². The number of hydrogen-bond donors (Lipinski definition) is 5. The van der Waals surface area contributed by atoms with E-state index >= 15 is 0 Å². The number of aliphatic carboxylic acids is 1. The fourth-order valence-electron chi connectivity index (χ4n) is 2.96. The molecule has 0 aliphatic heterocycles. The first-order valence-electron chi connectivity index (χ1n) is 10.3. The summed E-state index contributed by atoms with van der Waals surface area (Å²) in [5, 5.41) is 20.1. The zero-order valence-corrected chi connectivity index (χ0v) is 18.8. The van der Waals surface area contributed by atoms with E-state index in [2.05, 4.69) is 26.3 Å². The van der Waals surface area contributed by atoms with Gasteiger partial charge in [-0.2, -0.15) is 0 Å². The number of nitrogens with zero attached hydrogens (tertiary/aromatic N) is 1. The molecule has 5 N–H and O–H groups in total. The van der Waals surface area contributed by atoms with E-state index in [0.29, 0.717) is 22.0 Å². The van der Waals surface area contributed by atoms with E-state index in [1.54, 1.807) is 24.4 Å². The van der Waals surface area contributed by atoms with Crippen LogP contribution in [0.1, 0.15) is 33.3 Å². The molecule has 0 fully saturated rings. The Morgan fingerprint density at radius 1 is 0.971 bits per heavy atom. The van der Waals surface area contributed by atoms with Crippen molar-refractivity contribution in [2.45, 2.75) is 19.0 Å². The van der Waals surface area contributed by atoms with Crippen LogP contribution in [-0.4, -0.2) is 40.5 Å².